The number of hydrogen-bond donors (Lipinski definition) is 5. The number of carbonyl (C=O) groups excluding carboxylic acids is 3. The maximum atomic E-state index is 12.7. The van der Waals surface area contributed by atoms with Crippen molar-refractivity contribution in [2.24, 2.45) is 17.4 Å². The quantitative estimate of drug-likeness (QED) is 0.257. The molecule has 1 aromatic rings. The van der Waals surface area contributed by atoms with Gasteiger partial charge in [-0.3, -0.25) is 14.4 Å². The molecule has 4 atom stereocenters. The third kappa shape index (κ3) is 10.7. The smallest absolute Gasteiger partial charge is 0.240 e. The summed E-state index contributed by atoms with van der Waals surface area (Å²) < 4.78 is 0. The highest BCUT2D eigenvalue weighted by atomic mass is 16.2. The molecule has 0 fully saturated rings. The van der Waals surface area contributed by atoms with Crippen LogP contribution in [0.1, 0.15) is 58.9 Å². The molecule has 32 heavy (non-hydrogen) atoms. The Balaban J connectivity index is 2.65. The Bertz CT molecular complexity index is 711. The fourth-order valence-electron chi connectivity index (χ4n) is 3.34. The summed E-state index contributed by atoms with van der Waals surface area (Å²) in [6.07, 6.45) is 2.51. The molecule has 7 N–H and O–H groups in total. The number of amides is 3. The van der Waals surface area contributed by atoms with Crippen LogP contribution in [0.25, 0.3) is 0 Å². The summed E-state index contributed by atoms with van der Waals surface area (Å²) in [6, 6.07) is 7.94. The largest absolute Gasteiger partial charge is 0.368 e. The number of nitrogens with one attached hydrogen (secondary N) is 3. The van der Waals surface area contributed by atoms with Crippen molar-refractivity contribution in [2.45, 2.75) is 84.0 Å². The molecule has 0 radical (unpaired) electrons. The molecule has 1 rings (SSSR count). The lowest BCUT2D eigenvalue weighted by molar-refractivity contribution is -0.128. The Labute approximate surface area is 192 Å². The molecular formula is C24H41N5O3. The lowest BCUT2D eigenvalue weighted by Gasteiger charge is -2.26. The van der Waals surface area contributed by atoms with E-state index in [1.165, 1.54) is 0 Å². The maximum absolute atomic E-state index is 12.7. The molecule has 0 heterocycles. The molecule has 0 aliphatic rings. The molecular weight excluding hydrogens is 406 g/mol. The van der Waals surface area contributed by atoms with Crippen molar-refractivity contribution in [3.63, 3.8) is 0 Å². The molecule has 0 aromatic heterocycles. The van der Waals surface area contributed by atoms with Gasteiger partial charge in [-0.15, -0.1) is 0 Å². The number of primary amides is 1. The van der Waals surface area contributed by atoms with Gasteiger partial charge in [0.25, 0.3) is 0 Å². The highest BCUT2D eigenvalue weighted by Crippen LogP contribution is 2.13. The fraction of sp³-hybridized carbons (Fsp3) is 0.625. The molecule has 0 spiro atoms. The van der Waals surface area contributed by atoms with Gasteiger partial charge in [0, 0.05) is 24.9 Å². The van der Waals surface area contributed by atoms with Crippen LogP contribution in [0.5, 0.6) is 0 Å². The second-order valence-electron chi connectivity index (χ2n) is 8.77. The number of nitrogens with two attached hydrogens (primary N) is 2. The molecule has 8 heteroatoms. The number of carbonyl (C=O) groups is 3. The Hall–Kier alpha value is -2.45. The normalized spacial score (nSPS) is 14.9. The average Bonchev–Trinajstić information content (AvgIpc) is 2.75. The van der Waals surface area contributed by atoms with Crippen molar-refractivity contribution in [1.29, 1.82) is 0 Å². The third-order valence-electron chi connectivity index (χ3n) is 5.61. The molecule has 0 saturated heterocycles. The zero-order chi connectivity index (χ0) is 24.1. The Morgan fingerprint density at radius 2 is 1.69 bits per heavy atom. The lowest BCUT2D eigenvalue weighted by atomic mass is 9.95. The molecule has 180 valence electrons. The minimum atomic E-state index is -0.811. The van der Waals surface area contributed by atoms with Gasteiger partial charge in [0.05, 0.1) is 6.04 Å². The van der Waals surface area contributed by atoms with E-state index in [-0.39, 0.29) is 30.2 Å². The van der Waals surface area contributed by atoms with Gasteiger partial charge in [-0.1, -0.05) is 64.4 Å². The SMILES string of the molecule is CC[C@H](C)[C@@H](CC(=O)N[C@@H](Cc1ccccc1)C(N)=O)NC(=O)[C@@H](N)CCCNC(C)C. The summed E-state index contributed by atoms with van der Waals surface area (Å²) in [5.74, 6) is -1.11. The van der Waals surface area contributed by atoms with Crippen molar-refractivity contribution in [3.8, 4) is 0 Å². The first kappa shape index (κ1) is 27.6. The summed E-state index contributed by atoms with van der Waals surface area (Å²) in [7, 11) is 0. The van der Waals surface area contributed by atoms with E-state index >= 15 is 0 Å². The van der Waals surface area contributed by atoms with Crippen LogP contribution in [0.15, 0.2) is 30.3 Å². The zero-order valence-electron chi connectivity index (χ0n) is 19.9. The first-order valence-corrected chi connectivity index (χ1v) is 11.6. The van der Waals surface area contributed by atoms with Gasteiger partial charge in [0.2, 0.25) is 17.7 Å². The van der Waals surface area contributed by atoms with Crippen LogP contribution in [-0.2, 0) is 20.8 Å². The number of rotatable bonds is 15. The van der Waals surface area contributed by atoms with Gasteiger partial charge >= 0.3 is 0 Å². The van der Waals surface area contributed by atoms with Crippen LogP contribution in [0.3, 0.4) is 0 Å². The molecule has 8 nitrogen and oxygen atoms in total. The van der Waals surface area contributed by atoms with Crippen molar-refractivity contribution in [1.82, 2.24) is 16.0 Å². The summed E-state index contributed by atoms with van der Waals surface area (Å²) in [4.78, 5) is 37.2. The Morgan fingerprint density at radius 1 is 1.03 bits per heavy atom. The van der Waals surface area contributed by atoms with E-state index in [2.05, 4.69) is 29.8 Å². The molecule has 0 aliphatic heterocycles. The summed E-state index contributed by atoms with van der Waals surface area (Å²) in [6.45, 7) is 8.91. The van der Waals surface area contributed by atoms with Crippen molar-refractivity contribution in [2.75, 3.05) is 6.54 Å². The van der Waals surface area contributed by atoms with Crippen LogP contribution >= 0.6 is 0 Å². The first-order valence-electron chi connectivity index (χ1n) is 11.6. The fourth-order valence-corrected chi connectivity index (χ4v) is 3.34. The van der Waals surface area contributed by atoms with Gasteiger partial charge in [-0.2, -0.15) is 0 Å². The van der Waals surface area contributed by atoms with Gasteiger partial charge in [-0.25, -0.2) is 0 Å². The van der Waals surface area contributed by atoms with Crippen molar-refractivity contribution in [3.05, 3.63) is 35.9 Å². The average molecular weight is 448 g/mol. The molecule has 1 aromatic carbocycles. The monoisotopic (exact) mass is 447 g/mol. The van der Waals surface area contributed by atoms with Crippen LogP contribution in [0.4, 0.5) is 0 Å². The van der Waals surface area contributed by atoms with E-state index in [0.717, 1.165) is 24.9 Å². The highest BCUT2D eigenvalue weighted by molar-refractivity contribution is 5.87. The van der Waals surface area contributed by atoms with E-state index in [4.69, 9.17) is 11.5 Å². The van der Waals surface area contributed by atoms with Crippen LogP contribution in [0, 0.1) is 5.92 Å². The van der Waals surface area contributed by atoms with Gasteiger partial charge in [-0.05, 0) is 30.9 Å². The summed E-state index contributed by atoms with van der Waals surface area (Å²) in [5.41, 5.74) is 12.5. The summed E-state index contributed by atoms with van der Waals surface area (Å²) in [5, 5.41) is 8.96. The maximum Gasteiger partial charge on any atom is 0.240 e. The van der Waals surface area contributed by atoms with Crippen LogP contribution < -0.4 is 27.4 Å². The third-order valence-corrected chi connectivity index (χ3v) is 5.61. The predicted octanol–water partition coefficient (Wildman–Crippen LogP) is 1.23. The van der Waals surface area contributed by atoms with E-state index in [0.29, 0.717) is 18.9 Å². The molecule has 0 bridgehead atoms. The predicted molar refractivity (Wildman–Crippen MR) is 128 cm³/mol. The van der Waals surface area contributed by atoms with E-state index in [1.807, 2.05) is 44.2 Å². The van der Waals surface area contributed by atoms with E-state index in [9.17, 15) is 14.4 Å². The van der Waals surface area contributed by atoms with Crippen molar-refractivity contribution < 1.29 is 14.4 Å². The number of benzene rings is 1. The molecule has 0 unspecified atom stereocenters. The van der Waals surface area contributed by atoms with E-state index < -0.39 is 18.0 Å². The topological polar surface area (TPSA) is 139 Å². The molecule has 0 saturated carbocycles. The zero-order valence-corrected chi connectivity index (χ0v) is 19.9. The summed E-state index contributed by atoms with van der Waals surface area (Å²) >= 11 is 0. The molecule has 0 aliphatic carbocycles. The van der Waals surface area contributed by atoms with Gasteiger partial charge in [0.1, 0.15) is 6.04 Å². The second-order valence-corrected chi connectivity index (χ2v) is 8.77. The second kappa shape index (κ2) is 14.6. The van der Waals surface area contributed by atoms with E-state index in [1.54, 1.807) is 0 Å². The Morgan fingerprint density at radius 3 is 2.25 bits per heavy atom. The molecule has 3 amide bonds. The first-order chi connectivity index (χ1) is 15.1. The van der Waals surface area contributed by atoms with Crippen molar-refractivity contribution >= 4 is 17.7 Å². The van der Waals surface area contributed by atoms with Gasteiger partial charge < -0.3 is 27.4 Å². The van der Waals surface area contributed by atoms with Crippen LogP contribution in [0.2, 0.25) is 0 Å². The standard InChI is InChI=1S/C24H41N5O3/c1-5-17(4)20(29-24(32)19(25)12-9-13-27-16(2)3)15-22(30)28-21(23(26)31)14-18-10-7-6-8-11-18/h6-8,10-11,16-17,19-21,27H,5,9,12-15,25H2,1-4H3,(H2,26,31)(H,28,30)(H,29,32)/t17-,19-,20+,21-/m0/s1. The minimum absolute atomic E-state index is 0.0565. The van der Waals surface area contributed by atoms with Gasteiger partial charge in [0.15, 0.2) is 0 Å². The lowest BCUT2D eigenvalue weighted by Crippen LogP contribution is -2.51. The highest BCUT2D eigenvalue weighted by Gasteiger charge is 2.26. The van der Waals surface area contributed by atoms with Crippen LogP contribution in [-0.4, -0.2) is 48.4 Å². The number of hydrogen-bond acceptors (Lipinski definition) is 5. The minimum Gasteiger partial charge on any atom is -0.368 e. The Kier molecular flexibility index (Phi) is 12.6.